The van der Waals surface area contributed by atoms with E-state index in [-0.39, 0.29) is 11.9 Å². The van der Waals surface area contributed by atoms with Crippen LogP contribution in [0, 0.1) is 0 Å². The lowest BCUT2D eigenvalue weighted by Gasteiger charge is -2.31. The fourth-order valence-electron chi connectivity index (χ4n) is 2.24. The van der Waals surface area contributed by atoms with Gasteiger partial charge in [0.1, 0.15) is 11.9 Å². The number of aryl methyl sites for hydroxylation is 1. The zero-order chi connectivity index (χ0) is 11.0. The predicted molar refractivity (Wildman–Crippen MR) is 57.4 cm³/mol. The number of hydrogen-bond acceptors (Lipinski definition) is 2. The van der Waals surface area contributed by atoms with Crippen molar-refractivity contribution in [2.75, 3.05) is 7.05 Å². The largest absolute Gasteiger partial charge is 0.338 e. The molecule has 0 bridgehead atoms. The highest BCUT2D eigenvalue weighted by atomic mass is 16.2. The van der Waals surface area contributed by atoms with Crippen molar-refractivity contribution in [3.63, 3.8) is 0 Å². The lowest BCUT2D eigenvalue weighted by atomic mass is 10.1. The molecule has 0 N–H and O–H groups in total. The van der Waals surface area contributed by atoms with E-state index in [1.165, 1.54) is 0 Å². The molecule has 0 saturated heterocycles. The van der Waals surface area contributed by atoms with E-state index in [0.717, 1.165) is 24.4 Å². The van der Waals surface area contributed by atoms with E-state index in [9.17, 15) is 4.79 Å². The molecule has 1 atom stereocenters. The molecule has 0 saturated carbocycles. The summed E-state index contributed by atoms with van der Waals surface area (Å²) in [6.45, 7) is 4.80. The van der Waals surface area contributed by atoms with Gasteiger partial charge in [-0.2, -0.15) is 0 Å². The number of imidazole rings is 1. The molecule has 2 rings (SSSR count). The average Bonchev–Trinajstić information content (AvgIpc) is 2.62. The smallest absolute Gasteiger partial charge is 0.245 e. The topological polar surface area (TPSA) is 38.1 Å². The van der Waals surface area contributed by atoms with E-state index in [0.29, 0.717) is 6.54 Å². The van der Waals surface area contributed by atoms with Crippen molar-refractivity contribution >= 4 is 5.91 Å². The SMILES string of the molecule is CCc1ncc2n1C(CC)C(=O)N(C)C2. The van der Waals surface area contributed by atoms with Gasteiger partial charge in [-0.15, -0.1) is 0 Å². The Bertz CT molecular complexity index is 383. The standard InChI is InChI=1S/C11H17N3O/c1-4-9-11(15)13(3)7-8-6-12-10(5-2)14(8)9/h6,9H,4-5,7H2,1-3H3. The first kappa shape index (κ1) is 10.2. The summed E-state index contributed by atoms with van der Waals surface area (Å²) in [5.74, 6) is 1.23. The minimum atomic E-state index is -0.0452. The Morgan fingerprint density at radius 1 is 1.53 bits per heavy atom. The van der Waals surface area contributed by atoms with Gasteiger partial charge < -0.3 is 9.47 Å². The van der Waals surface area contributed by atoms with Crippen LogP contribution < -0.4 is 0 Å². The summed E-state index contributed by atoms with van der Waals surface area (Å²) in [4.78, 5) is 18.1. The molecule has 15 heavy (non-hydrogen) atoms. The molecule has 0 radical (unpaired) electrons. The molecule has 1 aromatic rings. The number of rotatable bonds is 2. The Hall–Kier alpha value is -1.32. The second kappa shape index (κ2) is 3.68. The molecular weight excluding hydrogens is 190 g/mol. The van der Waals surface area contributed by atoms with Gasteiger partial charge in [0.05, 0.1) is 18.4 Å². The molecule has 1 aliphatic rings. The van der Waals surface area contributed by atoms with Crippen LogP contribution in [0.3, 0.4) is 0 Å². The van der Waals surface area contributed by atoms with Crippen LogP contribution >= 0.6 is 0 Å². The molecule has 82 valence electrons. The molecule has 4 heteroatoms. The van der Waals surface area contributed by atoms with Gasteiger partial charge >= 0.3 is 0 Å². The van der Waals surface area contributed by atoms with Gasteiger partial charge in [0.25, 0.3) is 0 Å². The Kier molecular flexibility index (Phi) is 2.50. The van der Waals surface area contributed by atoms with E-state index < -0.39 is 0 Å². The molecule has 1 aromatic heterocycles. The number of aromatic nitrogens is 2. The fraction of sp³-hybridized carbons (Fsp3) is 0.636. The van der Waals surface area contributed by atoms with Gasteiger partial charge in [0, 0.05) is 13.5 Å². The zero-order valence-corrected chi connectivity index (χ0v) is 9.53. The van der Waals surface area contributed by atoms with E-state index in [2.05, 4.69) is 16.5 Å². The minimum Gasteiger partial charge on any atom is -0.338 e. The second-order valence-electron chi connectivity index (χ2n) is 4.01. The van der Waals surface area contributed by atoms with Crippen LogP contribution in [-0.2, 0) is 17.8 Å². The third-order valence-electron chi connectivity index (χ3n) is 3.03. The minimum absolute atomic E-state index is 0.0452. The van der Waals surface area contributed by atoms with E-state index >= 15 is 0 Å². The quantitative estimate of drug-likeness (QED) is 0.734. The Labute approximate surface area is 89.9 Å². The number of fused-ring (bicyclic) bond motifs is 1. The number of amides is 1. The maximum absolute atomic E-state index is 12.0. The normalized spacial score (nSPS) is 20.6. The van der Waals surface area contributed by atoms with Crippen molar-refractivity contribution < 1.29 is 4.79 Å². The fourth-order valence-corrected chi connectivity index (χ4v) is 2.24. The summed E-state index contributed by atoms with van der Waals surface area (Å²) in [6.07, 6.45) is 3.61. The van der Waals surface area contributed by atoms with Crippen LogP contribution in [0.5, 0.6) is 0 Å². The van der Waals surface area contributed by atoms with Crippen molar-refractivity contribution in [2.45, 2.75) is 39.3 Å². The summed E-state index contributed by atoms with van der Waals surface area (Å²) < 4.78 is 2.11. The second-order valence-corrected chi connectivity index (χ2v) is 4.01. The number of carbonyl (C=O) groups excluding carboxylic acids is 1. The molecule has 1 unspecified atom stereocenters. The predicted octanol–water partition coefficient (Wildman–Crippen LogP) is 1.37. The zero-order valence-electron chi connectivity index (χ0n) is 9.53. The molecule has 0 fully saturated rings. The molecule has 1 amide bonds. The van der Waals surface area contributed by atoms with Crippen LogP contribution in [0.2, 0.25) is 0 Å². The first-order valence-electron chi connectivity index (χ1n) is 5.49. The molecule has 0 aliphatic carbocycles. The Balaban J connectivity index is 2.49. The van der Waals surface area contributed by atoms with Gasteiger partial charge in [0.2, 0.25) is 5.91 Å². The lowest BCUT2D eigenvalue weighted by molar-refractivity contribution is -0.136. The van der Waals surface area contributed by atoms with E-state index in [1.807, 2.05) is 20.2 Å². The molecule has 4 nitrogen and oxygen atoms in total. The first-order valence-corrected chi connectivity index (χ1v) is 5.49. The van der Waals surface area contributed by atoms with Gasteiger partial charge in [0.15, 0.2) is 0 Å². The summed E-state index contributed by atoms with van der Waals surface area (Å²) in [7, 11) is 1.85. The van der Waals surface area contributed by atoms with Crippen molar-refractivity contribution in [3.8, 4) is 0 Å². The van der Waals surface area contributed by atoms with E-state index in [4.69, 9.17) is 0 Å². The third kappa shape index (κ3) is 1.44. The van der Waals surface area contributed by atoms with Crippen molar-refractivity contribution in [3.05, 3.63) is 17.7 Å². The summed E-state index contributed by atoms with van der Waals surface area (Å²) in [6, 6.07) is -0.0452. The van der Waals surface area contributed by atoms with Gasteiger partial charge in [-0.1, -0.05) is 13.8 Å². The average molecular weight is 207 g/mol. The number of nitrogens with zero attached hydrogens (tertiary/aromatic N) is 3. The van der Waals surface area contributed by atoms with Gasteiger partial charge in [-0.25, -0.2) is 4.98 Å². The highest BCUT2D eigenvalue weighted by molar-refractivity contribution is 5.81. The van der Waals surface area contributed by atoms with Crippen LogP contribution in [0.15, 0.2) is 6.20 Å². The van der Waals surface area contributed by atoms with Crippen LogP contribution in [0.4, 0.5) is 0 Å². The number of likely N-dealkylation sites (N-methyl/N-ethyl adjacent to an activating group) is 1. The first-order chi connectivity index (χ1) is 7.19. The maximum atomic E-state index is 12.0. The van der Waals surface area contributed by atoms with Crippen LogP contribution in [-0.4, -0.2) is 27.4 Å². The summed E-state index contributed by atoms with van der Waals surface area (Å²) in [5, 5.41) is 0. The van der Waals surface area contributed by atoms with Gasteiger partial charge in [-0.05, 0) is 6.42 Å². The molecule has 1 aliphatic heterocycles. The number of carbonyl (C=O) groups is 1. The molecular formula is C11H17N3O. The third-order valence-corrected chi connectivity index (χ3v) is 3.03. The molecule has 0 aromatic carbocycles. The monoisotopic (exact) mass is 207 g/mol. The molecule has 2 heterocycles. The Morgan fingerprint density at radius 2 is 2.27 bits per heavy atom. The van der Waals surface area contributed by atoms with Crippen molar-refractivity contribution in [2.24, 2.45) is 0 Å². The Morgan fingerprint density at radius 3 is 2.87 bits per heavy atom. The van der Waals surface area contributed by atoms with Crippen LogP contribution in [0.1, 0.15) is 37.8 Å². The van der Waals surface area contributed by atoms with E-state index in [1.54, 1.807) is 4.90 Å². The van der Waals surface area contributed by atoms with Crippen molar-refractivity contribution in [1.29, 1.82) is 0 Å². The number of hydrogen-bond donors (Lipinski definition) is 0. The summed E-state index contributed by atoms with van der Waals surface area (Å²) >= 11 is 0. The maximum Gasteiger partial charge on any atom is 0.245 e. The highest BCUT2D eigenvalue weighted by Gasteiger charge is 2.31. The van der Waals surface area contributed by atoms with Crippen molar-refractivity contribution in [1.82, 2.24) is 14.5 Å². The lowest BCUT2D eigenvalue weighted by Crippen LogP contribution is -2.40. The van der Waals surface area contributed by atoms with Gasteiger partial charge in [-0.3, -0.25) is 4.79 Å². The highest BCUT2D eigenvalue weighted by Crippen LogP contribution is 2.25. The van der Waals surface area contributed by atoms with Crippen LogP contribution in [0.25, 0.3) is 0 Å². The molecule has 0 spiro atoms. The summed E-state index contributed by atoms with van der Waals surface area (Å²) in [5.41, 5.74) is 1.15.